The van der Waals surface area contributed by atoms with E-state index in [1.54, 1.807) is 6.20 Å². The molecule has 2 aromatic heterocycles. The SMILES string of the molecule is Cc1cccc(CCC(=O)NCCNc2ccc(Nc3ccccn3)nn2)c1. The van der Waals surface area contributed by atoms with E-state index < -0.39 is 0 Å². The van der Waals surface area contributed by atoms with E-state index >= 15 is 0 Å². The van der Waals surface area contributed by atoms with Gasteiger partial charge in [0.1, 0.15) is 11.6 Å². The van der Waals surface area contributed by atoms with Gasteiger partial charge in [0, 0.05) is 25.7 Å². The number of aryl methyl sites for hydroxylation is 2. The van der Waals surface area contributed by atoms with Gasteiger partial charge >= 0.3 is 0 Å². The van der Waals surface area contributed by atoms with Crippen LogP contribution in [0.3, 0.4) is 0 Å². The minimum Gasteiger partial charge on any atom is -0.367 e. The fourth-order valence-corrected chi connectivity index (χ4v) is 2.67. The molecule has 1 amide bonds. The van der Waals surface area contributed by atoms with E-state index in [4.69, 9.17) is 0 Å². The highest BCUT2D eigenvalue weighted by atomic mass is 16.1. The molecule has 0 saturated carbocycles. The standard InChI is InChI=1S/C21H24N6O/c1-16-5-4-6-17(15-16)8-11-21(28)24-14-13-23-19-9-10-20(27-26-19)25-18-7-2-3-12-22-18/h2-7,9-10,12,15H,8,11,13-14H2,1H3,(H,23,26)(H,24,28)(H,22,25,27). The lowest BCUT2D eigenvalue weighted by Gasteiger charge is -2.08. The maximum atomic E-state index is 11.9. The van der Waals surface area contributed by atoms with E-state index in [9.17, 15) is 4.79 Å². The normalized spacial score (nSPS) is 10.3. The first-order valence-electron chi connectivity index (χ1n) is 9.27. The van der Waals surface area contributed by atoms with E-state index in [0.29, 0.717) is 37.0 Å². The van der Waals surface area contributed by atoms with Gasteiger partial charge in [-0.1, -0.05) is 35.9 Å². The van der Waals surface area contributed by atoms with Crippen molar-refractivity contribution in [3.05, 3.63) is 71.9 Å². The third-order valence-electron chi connectivity index (χ3n) is 4.06. The molecule has 0 atom stereocenters. The molecular weight excluding hydrogens is 352 g/mol. The highest BCUT2D eigenvalue weighted by Gasteiger charge is 2.03. The number of anilines is 3. The van der Waals surface area contributed by atoms with Gasteiger partial charge in [0.05, 0.1) is 0 Å². The molecule has 0 saturated heterocycles. The lowest BCUT2D eigenvalue weighted by Crippen LogP contribution is -2.29. The van der Waals surface area contributed by atoms with Crippen LogP contribution in [0.4, 0.5) is 17.5 Å². The molecule has 3 N–H and O–H groups in total. The molecule has 1 aromatic carbocycles. The van der Waals surface area contributed by atoms with Crippen molar-refractivity contribution >= 4 is 23.4 Å². The predicted octanol–water partition coefficient (Wildman–Crippen LogP) is 3.08. The van der Waals surface area contributed by atoms with Gasteiger partial charge in [-0.25, -0.2) is 4.98 Å². The second kappa shape index (κ2) is 10.0. The molecule has 3 aromatic rings. The van der Waals surface area contributed by atoms with Crippen LogP contribution in [0.2, 0.25) is 0 Å². The number of nitrogens with one attached hydrogen (secondary N) is 3. The first kappa shape index (κ1) is 19.3. The minimum absolute atomic E-state index is 0.0456. The van der Waals surface area contributed by atoms with Crippen LogP contribution < -0.4 is 16.0 Å². The van der Waals surface area contributed by atoms with Gasteiger partial charge in [-0.2, -0.15) is 0 Å². The van der Waals surface area contributed by atoms with Crippen LogP contribution in [0.25, 0.3) is 0 Å². The Balaban J connectivity index is 1.34. The average Bonchev–Trinajstić information content (AvgIpc) is 2.72. The lowest BCUT2D eigenvalue weighted by atomic mass is 10.1. The Labute approximate surface area is 164 Å². The Morgan fingerprint density at radius 1 is 0.929 bits per heavy atom. The summed E-state index contributed by atoms with van der Waals surface area (Å²) in [5.41, 5.74) is 2.40. The van der Waals surface area contributed by atoms with E-state index in [2.05, 4.69) is 50.2 Å². The van der Waals surface area contributed by atoms with Crippen molar-refractivity contribution < 1.29 is 4.79 Å². The Morgan fingerprint density at radius 2 is 1.79 bits per heavy atom. The topological polar surface area (TPSA) is 91.8 Å². The number of hydrogen-bond acceptors (Lipinski definition) is 6. The fourth-order valence-electron chi connectivity index (χ4n) is 2.67. The largest absolute Gasteiger partial charge is 0.367 e. The van der Waals surface area contributed by atoms with Crippen molar-refractivity contribution in [1.82, 2.24) is 20.5 Å². The minimum atomic E-state index is 0.0456. The molecule has 7 nitrogen and oxygen atoms in total. The van der Waals surface area contributed by atoms with Gasteiger partial charge in [-0.3, -0.25) is 4.79 Å². The number of hydrogen-bond donors (Lipinski definition) is 3. The summed E-state index contributed by atoms with van der Waals surface area (Å²) in [5, 5.41) is 17.3. The first-order valence-corrected chi connectivity index (χ1v) is 9.27. The predicted molar refractivity (Wildman–Crippen MR) is 111 cm³/mol. The van der Waals surface area contributed by atoms with Crippen LogP contribution in [-0.4, -0.2) is 34.2 Å². The molecule has 0 radical (unpaired) electrons. The zero-order valence-corrected chi connectivity index (χ0v) is 15.9. The Hall–Kier alpha value is -3.48. The molecule has 0 aliphatic rings. The summed E-state index contributed by atoms with van der Waals surface area (Å²) in [5.74, 6) is 2.03. The smallest absolute Gasteiger partial charge is 0.220 e. The summed E-state index contributed by atoms with van der Waals surface area (Å²) < 4.78 is 0. The monoisotopic (exact) mass is 376 g/mol. The van der Waals surface area contributed by atoms with E-state index in [1.807, 2.05) is 42.5 Å². The summed E-state index contributed by atoms with van der Waals surface area (Å²) in [4.78, 5) is 16.1. The maximum absolute atomic E-state index is 11.9. The van der Waals surface area contributed by atoms with Gasteiger partial charge in [-0.15, -0.1) is 10.2 Å². The molecule has 0 unspecified atom stereocenters. The molecule has 28 heavy (non-hydrogen) atoms. The zero-order valence-electron chi connectivity index (χ0n) is 15.9. The molecular formula is C21H24N6O. The summed E-state index contributed by atoms with van der Waals surface area (Å²) in [6, 6.07) is 17.5. The number of nitrogens with zero attached hydrogens (tertiary/aromatic N) is 3. The maximum Gasteiger partial charge on any atom is 0.220 e. The van der Waals surface area contributed by atoms with E-state index in [1.165, 1.54) is 11.1 Å². The summed E-state index contributed by atoms with van der Waals surface area (Å²) in [7, 11) is 0. The van der Waals surface area contributed by atoms with Crippen LogP contribution in [0.5, 0.6) is 0 Å². The molecule has 0 spiro atoms. The molecule has 2 heterocycles. The van der Waals surface area contributed by atoms with Gasteiger partial charge in [-0.05, 0) is 43.2 Å². The van der Waals surface area contributed by atoms with Crippen molar-refractivity contribution in [3.8, 4) is 0 Å². The van der Waals surface area contributed by atoms with Gasteiger partial charge in [0.25, 0.3) is 0 Å². The number of pyridine rings is 1. The van der Waals surface area contributed by atoms with Gasteiger partial charge in [0.15, 0.2) is 5.82 Å². The summed E-state index contributed by atoms with van der Waals surface area (Å²) in [6.45, 7) is 3.17. The van der Waals surface area contributed by atoms with Crippen LogP contribution in [-0.2, 0) is 11.2 Å². The Morgan fingerprint density at radius 3 is 2.54 bits per heavy atom. The second-order valence-corrected chi connectivity index (χ2v) is 6.41. The third kappa shape index (κ3) is 6.35. The molecule has 3 rings (SSSR count). The van der Waals surface area contributed by atoms with Crippen LogP contribution in [0, 0.1) is 6.92 Å². The number of benzene rings is 1. The number of amides is 1. The van der Waals surface area contributed by atoms with E-state index in [-0.39, 0.29) is 5.91 Å². The van der Waals surface area contributed by atoms with Crippen LogP contribution in [0.15, 0.2) is 60.8 Å². The van der Waals surface area contributed by atoms with Crippen molar-refractivity contribution in [1.29, 1.82) is 0 Å². The number of carbonyl (C=O) groups is 1. The van der Waals surface area contributed by atoms with Crippen molar-refractivity contribution in [2.45, 2.75) is 19.8 Å². The van der Waals surface area contributed by atoms with Crippen LogP contribution in [0.1, 0.15) is 17.5 Å². The van der Waals surface area contributed by atoms with Crippen molar-refractivity contribution in [2.75, 3.05) is 23.7 Å². The Bertz CT molecular complexity index is 883. The highest BCUT2D eigenvalue weighted by Crippen LogP contribution is 2.11. The molecule has 0 aliphatic carbocycles. The highest BCUT2D eigenvalue weighted by molar-refractivity contribution is 5.76. The van der Waals surface area contributed by atoms with Crippen LogP contribution >= 0.6 is 0 Å². The molecule has 7 heteroatoms. The number of carbonyl (C=O) groups excluding carboxylic acids is 1. The summed E-state index contributed by atoms with van der Waals surface area (Å²) in [6.07, 6.45) is 2.94. The number of aromatic nitrogens is 3. The molecule has 0 fully saturated rings. The molecule has 0 bridgehead atoms. The van der Waals surface area contributed by atoms with Gasteiger partial charge in [0.2, 0.25) is 5.91 Å². The zero-order chi connectivity index (χ0) is 19.6. The van der Waals surface area contributed by atoms with Gasteiger partial charge < -0.3 is 16.0 Å². The fraction of sp³-hybridized carbons (Fsp3) is 0.238. The molecule has 0 aliphatic heterocycles. The first-order chi connectivity index (χ1) is 13.7. The lowest BCUT2D eigenvalue weighted by molar-refractivity contribution is -0.120. The average molecular weight is 376 g/mol. The van der Waals surface area contributed by atoms with Crippen molar-refractivity contribution in [3.63, 3.8) is 0 Å². The Kier molecular flexibility index (Phi) is 6.89. The van der Waals surface area contributed by atoms with Crippen molar-refractivity contribution in [2.24, 2.45) is 0 Å². The third-order valence-corrected chi connectivity index (χ3v) is 4.06. The second-order valence-electron chi connectivity index (χ2n) is 6.41. The molecule has 144 valence electrons. The quantitative estimate of drug-likeness (QED) is 0.497. The number of rotatable bonds is 9. The van der Waals surface area contributed by atoms with E-state index in [0.717, 1.165) is 6.42 Å². The summed E-state index contributed by atoms with van der Waals surface area (Å²) >= 11 is 0.